The second kappa shape index (κ2) is 6.16. The molecule has 0 aromatic heterocycles. The number of nitrogens with zero attached hydrogens (tertiary/aromatic N) is 1. The Bertz CT molecular complexity index is 566. The number of cyclic esters (lactones) is 1. The molecule has 0 atom stereocenters. The van der Waals surface area contributed by atoms with E-state index in [0.29, 0.717) is 30.2 Å². The summed E-state index contributed by atoms with van der Waals surface area (Å²) in [7, 11) is 0. The molecule has 1 aliphatic carbocycles. The van der Waals surface area contributed by atoms with E-state index in [1.807, 2.05) is 0 Å². The van der Waals surface area contributed by atoms with Gasteiger partial charge in [-0.2, -0.15) is 0 Å². The van der Waals surface area contributed by atoms with E-state index in [1.165, 1.54) is 0 Å². The first-order valence-corrected chi connectivity index (χ1v) is 7.86. The molecule has 2 aliphatic rings. The third kappa shape index (κ3) is 2.77. The van der Waals surface area contributed by atoms with Crippen molar-refractivity contribution in [2.24, 2.45) is 0 Å². The number of amides is 1. The quantitative estimate of drug-likeness (QED) is 0.802. The van der Waals surface area contributed by atoms with E-state index >= 15 is 0 Å². The lowest BCUT2D eigenvalue weighted by molar-refractivity contribution is -0.175. The molecule has 1 aromatic rings. The molecule has 1 aliphatic heterocycles. The first-order chi connectivity index (χ1) is 10.6. The van der Waals surface area contributed by atoms with Gasteiger partial charge in [-0.05, 0) is 37.1 Å². The van der Waals surface area contributed by atoms with Gasteiger partial charge in [-0.3, -0.25) is 4.79 Å². The van der Waals surface area contributed by atoms with Gasteiger partial charge in [0.15, 0.2) is 6.61 Å². The molecular weight excluding hydrogens is 306 g/mol. The molecular formula is C16H18ClNO4. The van der Waals surface area contributed by atoms with Gasteiger partial charge in [-0.25, -0.2) is 4.79 Å². The molecule has 0 N–H and O–H groups in total. The summed E-state index contributed by atoms with van der Waals surface area (Å²) >= 11 is 5.81. The highest BCUT2D eigenvalue weighted by molar-refractivity contribution is 6.30. The Hall–Kier alpha value is -1.75. The van der Waals surface area contributed by atoms with Crippen LogP contribution in [0.1, 0.15) is 25.7 Å². The Morgan fingerprint density at radius 1 is 1.27 bits per heavy atom. The van der Waals surface area contributed by atoms with Gasteiger partial charge in [0, 0.05) is 5.02 Å². The lowest BCUT2D eigenvalue weighted by atomic mass is 9.93. The molecule has 1 aromatic carbocycles. The number of carbonyl (C=O) groups excluding carboxylic acids is 2. The molecule has 0 radical (unpaired) electrons. The number of hydrogen-bond acceptors (Lipinski definition) is 4. The van der Waals surface area contributed by atoms with E-state index in [0.717, 1.165) is 12.8 Å². The minimum Gasteiger partial charge on any atom is -0.484 e. The summed E-state index contributed by atoms with van der Waals surface area (Å²) in [6.07, 6.45) is 3.24. The topological polar surface area (TPSA) is 55.8 Å². The first kappa shape index (κ1) is 15.2. The van der Waals surface area contributed by atoms with Gasteiger partial charge in [0.05, 0.1) is 6.54 Å². The standard InChI is InChI=1S/C16H18ClNO4/c17-12-3-5-13(6-4-12)22-11-14(19)18-9-10-21-15(20)16(18)7-1-2-8-16/h3-6H,1-2,7-11H2. The van der Waals surface area contributed by atoms with Crippen LogP contribution < -0.4 is 4.74 Å². The molecule has 1 saturated carbocycles. The zero-order chi connectivity index (χ0) is 15.6. The minimum absolute atomic E-state index is 0.0866. The third-order valence-corrected chi connectivity index (χ3v) is 4.60. The molecule has 6 heteroatoms. The van der Waals surface area contributed by atoms with Crippen molar-refractivity contribution in [2.45, 2.75) is 31.2 Å². The number of rotatable bonds is 3. The van der Waals surface area contributed by atoms with Crippen LogP contribution in [0.4, 0.5) is 0 Å². The zero-order valence-electron chi connectivity index (χ0n) is 12.2. The highest BCUT2D eigenvalue weighted by atomic mass is 35.5. The largest absolute Gasteiger partial charge is 0.484 e. The summed E-state index contributed by atoms with van der Waals surface area (Å²) in [5.41, 5.74) is -0.765. The van der Waals surface area contributed by atoms with Crippen molar-refractivity contribution in [3.63, 3.8) is 0 Å². The summed E-state index contributed by atoms with van der Waals surface area (Å²) in [6.45, 7) is 0.610. The van der Waals surface area contributed by atoms with Crippen molar-refractivity contribution >= 4 is 23.5 Å². The maximum absolute atomic E-state index is 12.5. The average Bonchev–Trinajstić information content (AvgIpc) is 3.00. The van der Waals surface area contributed by atoms with Crippen molar-refractivity contribution in [3.8, 4) is 5.75 Å². The van der Waals surface area contributed by atoms with Gasteiger partial charge in [0.2, 0.25) is 0 Å². The summed E-state index contributed by atoms with van der Waals surface area (Å²) in [6, 6.07) is 6.84. The summed E-state index contributed by atoms with van der Waals surface area (Å²) < 4.78 is 10.7. The van der Waals surface area contributed by atoms with Crippen molar-refractivity contribution in [1.29, 1.82) is 0 Å². The molecule has 1 heterocycles. The Morgan fingerprint density at radius 3 is 2.64 bits per heavy atom. The van der Waals surface area contributed by atoms with E-state index in [1.54, 1.807) is 29.2 Å². The van der Waals surface area contributed by atoms with Crippen LogP contribution in [0.2, 0.25) is 5.02 Å². The summed E-state index contributed by atoms with van der Waals surface area (Å²) in [5, 5.41) is 0.613. The van der Waals surface area contributed by atoms with E-state index in [9.17, 15) is 9.59 Å². The smallest absolute Gasteiger partial charge is 0.332 e. The molecule has 1 saturated heterocycles. The number of esters is 1. The van der Waals surface area contributed by atoms with Gasteiger partial charge in [-0.15, -0.1) is 0 Å². The number of benzene rings is 1. The number of ether oxygens (including phenoxy) is 2. The van der Waals surface area contributed by atoms with E-state index in [2.05, 4.69) is 0 Å². The Balaban J connectivity index is 1.67. The van der Waals surface area contributed by atoms with Gasteiger partial charge < -0.3 is 14.4 Å². The Labute approximate surface area is 134 Å². The second-order valence-corrected chi connectivity index (χ2v) is 6.10. The number of morpholine rings is 1. The van der Waals surface area contributed by atoms with E-state index in [-0.39, 0.29) is 25.1 Å². The highest BCUT2D eigenvalue weighted by Crippen LogP contribution is 2.38. The van der Waals surface area contributed by atoms with Crippen molar-refractivity contribution in [3.05, 3.63) is 29.3 Å². The highest BCUT2D eigenvalue weighted by Gasteiger charge is 2.51. The Morgan fingerprint density at radius 2 is 1.95 bits per heavy atom. The van der Waals surface area contributed by atoms with Gasteiger partial charge in [0.1, 0.15) is 17.9 Å². The van der Waals surface area contributed by atoms with Crippen LogP contribution in [0.15, 0.2) is 24.3 Å². The average molecular weight is 324 g/mol. The van der Waals surface area contributed by atoms with Crippen LogP contribution in [0.5, 0.6) is 5.75 Å². The predicted octanol–water partition coefficient (Wildman–Crippen LogP) is 2.42. The first-order valence-electron chi connectivity index (χ1n) is 7.48. The molecule has 118 valence electrons. The summed E-state index contributed by atoms with van der Waals surface area (Å²) in [4.78, 5) is 26.3. The summed E-state index contributed by atoms with van der Waals surface area (Å²) in [5.74, 6) is 0.141. The van der Waals surface area contributed by atoms with Crippen molar-refractivity contribution in [2.75, 3.05) is 19.8 Å². The van der Waals surface area contributed by atoms with E-state index in [4.69, 9.17) is 21.1 Å². The van der Waals surface area contributed by atoms with Crippen LogP contribution in [0, 0.1) is 0 Å². The van der Waals surface area contributed by atoms with Crippen LogP contribution in [0.25, 0.3) is 0 Å². The van der Waals surface area contributed by atoms with Gasteiger partial charge in [-0.1, -0.05) is 24.4 Å². The number of hydrogen-bond donors (Lipinski definition) is 0. The molecule has 5 nitrogen and oxygen atoms in total. The van der Waals surface area contributed by atoms with E-state index < -0.39 is 5.54 Å². The van der Waals surface area contributed by atoms with Crippen molar-refractivity contribution in [1.82, 2.24) is 4.90 Å². The lowest BCUT2D eigenvalue weighted by Crippen LogP contribution is -2.61. The fraction of sp³-hybridized carbons (Fsp3) is 0.500. The minimum atomic E-state index is -0.765. The maximum atomic E-state index is 12.5. The maximum Gasteiger partial charge on any atom is 0.332 e. The van der Waals surface area contributed by atoms with Crippen LogP contribution in [-0.2, 0) is 14.3 Å². The zero-order valence-corrected chi connectivity index (χ0v) is 13.0. The molecule has 0 unspecified atom stereocenters. The second-order valence-electron chi connectivity index (χ2n) is 5.66. The van der Waals surface area contributed by atoms with Gasteiger partial charge in [0.25, 0.3) is 5.91 Å². The van der Waals surface area contributed by atoms with Gasteiger partial charge >= 0.3 is 5.97 Å². The SMILES string of the molecule is O=C(COc1ccc(Cl)cc1)N1CCOC(=O)C12CCCC2. The van der Waals surface area contributed by atoms with Crippen molar-refractivity contribution < 1.29 is 19.1 Å². The van der Waals surface area contributed by atoms with Crippen LogP contribution >= 0.6 is 11.6 Å². The monoisotopic (exact) mass is 323 g/mol. The van der Waals surface area contributed by atoms with Crippen LogP contribution in [0.3, 0.4) is 0 Å². The lowest BCUT2D eigenvalue weighted by Gasteiger charge is -2.42. The normalized spacial score (nSPS) is 20.0. The number of carbonyl (C=O) groups is 2. The predicted molar refractivity (Wildman–Crippen MR) is 80.8 cm³/mol. The molecule has 1 amide bonds. The molecule has 0 bridgehead atoms. The molecule has 22 heavy (non-hydrogen) atoms. The fourth-order valence-corrected chi connectivity index (χ4v) is 3.37. The fourth-order valence-electron chi connectivity index (χ4n) is 3.24. The number of halogens is 1. The molecule has 3 rings (SSSR count). The van der Waals surface area contributed by atoms with Crippen LogP contribution in [-0.4, -0.2) is 42.1 Å². The third-order valence-electron chi connectivity index (χ3n) is 4.35. The molecule has 2 fully saturated rings. The molecule has 1 spiro atoms. The Kier molecular flexibility index (Phi) is 4.25.